The van der Waals surface area contributed by atoms with Crippen molar-refractivity contribution in [3.63, 3.8) is 0 Å². The summed E-state index contributed by atoms with van der Waals surface area (Å²) in [5.41, 5.74) is 0. The van der Waals surface area contributed by atoms with E-state index >= 15 is 0 Å². The number of thioether (sulfide) groups is 1. The van der Waals surface area contributed by atoms with Crippen LogP contribution >= 0.6 is 11.8 Å². The Morgan fingerprint density at radius 2 is 2.05 bits per heavy atom. The molecule has 21 heavy (non-hydrogen) atoms. The number of furan rings is 1. The maximum Gasteiger partial charge on any atom is 0.290 e. The molecule has 2 heterocycles. The topological polar surface area (TPSA) is 42.7 Å². The van der Waals surface area contributed by atoms with Gasteiger partial charge in [-0.1, -0.05) is 6.07 Å². The molecular formula is C15H14FNO3S. The molecule has 1 fully saturated rings. The van der Waals surface area contributed by atoms with Gasteiger partial charge in [0.15, 0.2) is 5.76 Å². The molecule has 4 nitrogen and oxygen atoms in total. The Bertz CT molecular complexity index is 637. The van der Waals surface area contributed by atoms with Crippen LogP contribution in [0.25, 0.3) is 0 Å². The highest BCUT2D eigenvalue weighted by atomic mass is 32.2. The summed E-state index contributed by atoms with van der Waals surface area (Å²) in [6.45, 7) is 1.45. The highest BCUT2D eigenvalue weighted by Crippen LogP contribution is 2.25. The number of ether oxygens (including phenoxy) is 1. The van der Waals surface area contributed by atoms with Crippen molar-refractivity contribution >= 4 is 17.7 Å². The largest absolute Gasteiger partial charge is 0.426 e. The lowest BCUT2D eigenvalue weighted by molar-refractivity contribution is 0.0735. The molecule has 0 atom stereocenters. The number of carbonyl (C=O) groups excluding carboxylic acids is 1. The summed E-state index contributed by atoms with van der Waals surface area (Å²) in [6.07, 6.45) is 0. The predicted octanol–water partition coefficient (Wildman–Crippen LogP) is 3.40. The standard InChI is InChI=1S/C15H14FNO3S/c16-11-2-1-3-12(10-11)19-14-5-4-13(20-14)15(18)17-6-8-21-9-7-17/h1-5,10H,6-9H2. The summed E-state index contributed by atoms with van der Waals surface area (Å²) in [5, 5.41) is 0. The molecule has 0 unspecified atom stereocenters. The van der Waals surface area contributed by atoms with Gasteiger partial charge in [-0.25, -0.2) is 4.39 Å². The first kappa shape index (κ1) is 14.0. The quantitative estimate of drug-likeness (QED) is 0.871. The van der Waals surface area contributed by atoms with Gasteiger partial charge in [0.05, 0.1) is 0 Å². The van der Waals surface area contributed by atoms with Crippen LogP contribution in [0.3, 0.4) is 0 Å². The SMILES string of the molecule is O=C(c1ccc(Oc2cccc(F)c2)o1)N1CCSCC1. The minimum absolute atomic E-state index is 0.135. The zero-order chi connectivity index (χ0) is 14.7. The van der Waals surface area contributed by atoms with Gasteiger partial charge in [0.1, 0.15) is 11.6 Å². The van der Waals surface area contributed by atoms with Gasteiger partial charge in [-0.3, -0.25) is 4.79 Å². The summed E-state index contributed by atoms with van der Waals surface area (Å²) in [6, 6.07) is 8.90. The van der Waals surface area contributed by atoms with Crippen molar-refractivity contribution in [2.75, 3.05) is 24.6 Å². The van der Waals surface area contributed by atoms with Gasteiger partial charge in [-0.15, -0.1) is 0 Å². The van der Waals surface area contributed by atoms with Crippen molar-refractivity contribution < 1.29 is 18.3 Å². The van der Waals surface area contributed by atoms with E-state index in [4.69, 9.17) is 9.15 Å². The third-order valence-corrected chi connectivity index (χ3v) is 4.05. The van der Waals surface area contributed by atoms with Crippen molar-refractivity contribution in [3.8, 4) is 11.7 Å². The molecule has 6 heteroatoms. The van der Waals surface area contributed by atoms with E-state index in [0.29, 0.717) is 5.75 Å². The lowest BCUT2D eigenvalue weighted by Crippen LogP contribution is -2.37. The third kappa shape index (κ3) is 3.39. The fourth-order valence-corrected chi connectivity index (χ4v) is 2.96. The van der Waals surface area contributed by atoms with E-state index in [1.54, 1.807) is 29.2 Å². The summed E-state index contributed by atoms with van der Waals surface area (Å²) in [7, 11) is 0. The van der Waals surface area contributed by atoms with Crippen LogP contribution in [0.5, 0.6) is 11.7 Å². The fraction of sp³-hybridized carbons (Fsp3) is 0.267. The Labute approximate surface area is 125 Å². The maximum absolute atomic E-state index is 13.1. The molecule has 0 aliphatic carbocycles. The van der Waals surface area contributed by atoms with Gasteiger partial charge in [0.2, 0.25) is 0 Å². The number of carbonyl (C=O) groups is 1. The van der Waals surface area contributed by atoms with Gasteiger partial charge in [0.25, 0.3) is 11.9 Å². The van der Waals surface area contributed by atoms with Crippen LogP contribution in [-0.2, 0) is 0 Å². The van der Waals surface area contributed by atoms with Gasteiger partial charge < -0.3 is 14.1 Å². The van der Waals surface area contributed by atoms with Gasteiger partial charge in [-0.05, 0) is 18.2 Å². The van der Waals surface area contributed by atoms with E-state index in [2.05, 4.69) is 0 Å². The molecule has 1 aliphatic heterocycles. The van der Waals surface area contributed by atoms with Crippen LogP contribution in [0.4, 0.5) is 4.39 Å². The zero-order valence-corrected chi connectivity index (χ0v) is 12.1. The molecule has 2 aromatic rings. The summed E-state index contributed by atoms with van der Waals surface area (Å²) < 4.78 is 23.9. The Morgan fingerprint density at radius 3 is 2.81 bits per heavy atom. The van der Waals surface area contributed by atoms with E-state index in [1.807, 2.05) is 11.8 Å². The first-order valence-corrected chi connectivity index (χ1v) is 7.78. The summed E-state index contributed by atoms with van der Waals surface area (Å²) >= 11 is 1.83. The molecule has 0 N–H and O–H groups in total. The summed E-state index contributed by atoms with van der Waals surface area (Å²) in [4.78, 5) is 14.0. The molecule has 1 saturated heterocycles. The Hall–Kier alpha value is -1.95. The molecule has 0 saturated carbocycles. The zero-order valence-electron chi connectivity index (χ0n) is 11.3. The second-order valence-corrected chi connectivity index (χ2v) is 5.81. The molecular weight excluding hydrogens is 293 g/mol. The number of amides is 1. The number of hydrogen-bond acceptors (Lipinski definition) is 4. The van der Waals surface area contributed by atoms with Crippen LogP contribution in [0.2, 0.25) is 0 Å². The molecule has 3 rings (SSSR count). The van der Waals surface area contributed by atoms with Crippen molar-refractivity contribution in [1.82, 2.24) is 4.90 Å². The minimum atomic E-state index is -0.388. The Kier molecular flexibility index (Phi) is 4.15. The third-order valence-electron chi connectivity index (χ3n) is 3.10. The van der Waals surface area contributed by atoms with Crippen molar-refractivity contribution in [2.24, 2.45) is 0 Å². The van der Waals surface area contributed by atoms with Crippen LogP contribution in [-0.4, -0.2) is 35.4 Å². The van der Waals surface area contributed by atoms with Crippen molar-refractivity contribution in [1.29, 1.82) is 0 Å². The molecule has 0 radical (unpaired) electrons. The molecule has 1 aromatic heterocycles. The lowest BCUT2D eigenvalue weighted by atomic mass is 10.3. The number of rotatable bonds is 3. The maximum atomic E-state index is 13.1. The average Bonchev–Trinajstić information content (AvgIpc) is 2.96. The molecule has 1 aliphatic rings. The molecule has 1 aromatic carbocycles. The van der Waals surface area contributed by atoms with E-state index in [1.165, 1.54) is 12.1 Å². The van der Waals surface area contributed by atoms with Crippen molar-refractivity contribution in [2.45, 2.75) is 0 Å². The monoisotopic (exact) mass is 307 g/mol. The lowest BCUT2D eigenvalue weighted by Gasteiger charge is -2.25. The van der Waals surface area contributed by atoms with Crippen LogP contribution in [0.1, 0.15) is 10.6 Å². The molecule has 1 amide bonds. The summed E-state index contributed by atoms with van der Waals surface area (Å²) in [5.74, 6) is 2.12. The first-order chi connectivity index (χ1) is 10.2. The highest BCUT2D eigenvalue weighted by Gasteiger charge is 2.21. The van der Waals surface area contributed by atoms with Crippen LogP contribution in [0, 0.1) is 5.82 Å². The second kappa shape index (κ2) is 6.22. The van der Waals surface area contributed by atoms with E-state index < -0.39 is 0 Å². The van der Waals surface area contributed by atoms with E-state index in [-0.39, 0.29) is 23.4 Å². The Balaban J connectivity index is 1.69. The van der Waals surface area contributed by atoms with Gasteiger partial charge in [-0.2, -0.15) is 11.8 Å². The van der Waals surface area contributed by atoms with Crippen molar-refractivity contribution in [3.05, 3.63) is 48.0 Å². The second-order valence-electron chi connectivity index (χ2n) is 4.58. The minimum Gasteiger partial charge on any atom is -0.426 e. The number of halogens is 1. The predicted molar refractivity (Wildman–Crippen MR) is 78.4 cm³/mol. The highest BCUT2D eigenvalue weighted by molar-refractivity contribution is 7.99. The van der Waals surface area contributed by atoms with E-state index in [9.17, 15) is 9.18 Å². The number of hydrogen-bond donors (Lipinski definition) is 0. The molecule has 0 bridgehead atoms. The average molecular weight is 307 g/mol. The van der Waals surface area contributed by atoms with E-state index in [0.717, 1.165) is 24.6 Å². The molecule has 0 spiro atoms. The Morgan fingerprint density at radius 1 is 1.24 bits per heavy atom. The normalized spacial score (nSPS) is 15.0. The smallest absolute Gasteiger partial charge is 0.290 e. The van der Waals surface area contributed by atoms with Crippen LogP contribution in [0.15, 0.2) is 40.8 Å². The number of nitrogens with zero attached hydrogens (tertiary/aromatic N) is 1. The first-order valence-electron chi connectivity index (χ1n) is 6.63. The fourth-order valence-electron chi connectivity index (χ4n) is 2.06. The number of benzene rings is 1. The van der Waals surface area contributed by atoms with Crippen LogP contribution < -0.4 is 4.74 Å². The molecule has 110 valence electrons. The van der Waals surface area contributed by atoms with Gasteiger partial charge in [0, 0.05) is 36.7 Å². The van der Waals surface area contributed by atoms with Gasteiger partial charge >= 0.3 is 0 Å².